The van der Waals surface area contributed by atoms with E-state index in [2.05, 4.69) is 4.98 Å². The molecular formula is C9H9NO5. The van der Waals surface area contributed by atoms with Crippen molar-refractivity contribution < 1.29 is 24.9 Å². The number of aliphatic hydroxyl groups is 1. The normalized spacial score (nSPS) is 11.0. The fourth-order valence-corrected chi connectivity index (χ4v) is 1.01. The Labute approximate surface area is 84.8 Å². The SMILES string of the molecule is O=C(O)C(O)(Cc1ccccn1)C(=O)O. The minimum absolute atomic E-state index is 0.199. The Morgan fingerprint density at radius 3 is 2.27 bits per heavy atom. The summed E-state index contributed by atoms with van der Waals surface area (Å²) >= 11 is 0. The second kappa shape index (κ2) is 4.05. The first kappa shape index (κ1) is 11.1. The molecule has 0 amide bonds. The van der Waals surface area contributed by atoms with Crippen molar-refractivity contribution >= 4 is 11.9 Å². The van der Waals surface area contributed by atoms with Crippen LogP contribution in [-0.2, 0) is 16.0 Å². The van der Waals surface area contributed by atoms with Crippen LogP contribution in [0, 0.1) is 0 Å². The van der Waals surface area contributed by atoms with E-state index in [1.54, 1.807) is 12.1 Å². The number of nitrogens with zero attached hydrogens (tertiary/aromatic N) is 1. The molecule has 6 heteroatoms. The number of rotatable bonds is 4. The van der Waals surface area contributed by atoms with Crippen LogP contribution in [0.2, 0.25) is 0 Å². The van der Waals surface area contributed by atoms with E-state index in [1.165, 1.54) is 12.3 Å². The van der Waals surface area contributed by atoms with Gasteiger partial charge >= 0.3 is 11.9 Å². The lowest BCUT2D eigenvalue weighted by Crippen LogP contribution is -2.48. The van der Waals surface area contributed by atoms with E-state index in [9.17, 15) is 14.7 Å². The van der Waals surface area contributed by atoms with Crippen LogP contribution >= 0.6 is 0 Å². The fraction of sp³-hybridized carbons (Fsp3) is 0.222. The summed E-state index contributed by atoms with van der Waals surface area (Å²) in [6.45, 7) is 0. The molecule has 0 atom stereocenters. The Morgan fingerprint density at radius 2 is 1.87 bits per heavy atom. The molecule has 1 aromatic heterocycles. The van der Waals surface area contributed by atoms with E-state index >= 15 is 0 Å². The van der Waals surface area contributed by atoms with E-state index in [1.807, 2.05) is 0 Å². The second-order valence-electron chi connectivity index (χ2n) is 2.97. The molecule has 0 saturated heterocycles. The number of aromatic nitrogens is 1. The third-order valence-electron chi connectivity index (χ3n) is 1.87. The average molecular weight is 211 g/mol. The van der Waals surface area contributed by atoms with Crippen molar-refractivity contribution in [1.82, 2.24) is 4.98 Å². The van der Waals surface area contributed by atoms with Gasteiger partial charge in [-0.15, -0.1) is 0 Å². The highest BCUT2D eigenvalue weighted by atomic mass is 16.4. The fourth-order valence-electron chi connectivity index (χ4n) is 1.01. The molecule has 0 aliphatic rings. The van der Waals surface area contributed by atoms with Crippen molar-refractivity contribution in [1.29, 1.82) is 0 Å². The monoisotopic (exact) mass is 211 g/mol. The zero-order chi connectivity index (χ0) is 11.5. The Hall–Kier alpha value is -1.95. The molecule has 3 N–H and O–H groups in total. The average Bonchev–Trinajstić information content (AvgIpc) is 2.18. The van der Waals surface area contributed by atoms with Crippen LogP contribution in [0.1, 0.15) is 5.69 Å². The molecule has 1 rings (SSSR count). The minimum Gasteiger partial charge on any atom is -0.479 e. The topological polar surface area (TPSA) is 108 Å². The van der Waals surface area contributed by atoms with E-state index in [0.717, 1.165) is 0 Å². The molecule has 0 aliphatic heterocycles. The zero-order valence-corrected chi connectivity index (χ0v) is 7.62. The third-order valence-corrected chi connectivity index (χ3v) is 1.87. The Kier molecular flexibility index (Phi) is 3.01. The van der Waals surface area contributed by atoms with Gasteiger partial charge in [-0.1, -0.05) is 6.07 Å². The summed E-state index contributed by atoms with van der Waals surface area (Å²) in [5.74, 6) is -3.61. The standard InChI is InChI=1S/C9H9NO5/c11-7(12)9(15,8(13)14)5-6-3-1-2-4-10-6/h1-4,15H,5H2,(H,11,12)(H,13,14). The van der Waals surface area contributed by atoms with Crippen molar-refractivity contribution in [3.63, 3.8) is 0 Å². The quantitative estimate of drug-likeness (QED) is 0.581. The van der Waals surface area contributed by atoms with Gasteiger partial charge in [0, 0.05) is 18.3 Å². The number of hydrogen-bond donors (Lipinski definition) is 3. The molecular weight excluding hydrogens is 202 g/mol. The van der Waals surface area contributed by atoms with Gasteiger partial charge in [0.2, 0.25) is 0 Å². The van der Waals surface area contributed by atoms with Crippen molar-refractivity contribution in [3.05, 3.63) is 30.1 Å². The first-order chi connectivity index (χ1) is 6.97. The lowest BCUT2D eigenvalue weighted by Gasteiger charge is -2.17. The summed E-state index contributed by atoms with van der Waals surface area (Å²) < 4.78 is 0. The lowest BCUT2D eigenvalue weighted by atomic mass is 9.98. The van der Waals surface area contributed by atoms with Crippen molar-refractivity contribution in [3.8, 4) is 0 Å². The van der Waals surface area contributed by atoms with Gasteiger partial charge in [0.15, 0.2) is 0 Å². The molecule has 0 unspecified atom stereocenters. The molecule has 6 nitrogen and oxygen atoms in total. The second-order valence-corrected chi connectivity index (χ2v) is 2.97. The van der Waals surface area contributed by atoms with Gasteiger partial charge in [0.05, 0.1) is 0 Å². The van der Waals surface area contributed by atoms with Crippen LogP contribution in [0.15, 0.2) is 24.4 Å². The maximum Gasteiger partial charge on any atom is 0.348 e. The molecule has 0 saturated carbocycles. The summed E-state index contributed by atoms with van der Waals surface area (Å²) in [4.78, 5) is 25.0. The zero-order valence-electron chi connectivity index (χ0n) is 7.62. The van der Waals surface area contributed by atoms with Gasteiger partial charge in [-0.05, 0) is 12.1 Å². The van der Waals surface area contributed by atoms with Gasteiger partial charge in [0.1, 0.15) is 0 Å². The van der Waals surface area contributed by atoms with Crippen molar-refractivity contribution in [2.24, 2.45) is 0 Å². The number of hydrogen-bond acceptors (Lipinski definition) is 4. The molecule has 15 heavy (non-hydrogen) atoms. The number of carboxylic acid groups (broad SMARTS) is 2. The summed E-state index contributed by atoms with van der Waals surface area (Å²) in [7, 11) is 0. The predicted molar refractivity (Wildman–Crippen MR) is 48.2 cm³/mol. The molecule has 0 bridgehead atoms. The maximum atomic E-state index is 10.6. The Bertz CT molecular complexity index is 361. The first-order valence-corrected chi connectivity index (χ1v) is 4.06. The first-order valence-electron chi connectivity index (χ1n) is 4.06. The number of carboxylic acids is 2. The summed E-state index contributed by atoms with van der Waals surface area (Å²) in [5, 5.41) is 26.6. The van der Waals surface area contributed by atoms with Crippen LogP contribution in [0.3, 0.4) is 0 Å². The number of aliphatic carboxylic acids is 2. The largest absolute Gasteiger partial charge is 0.479 e. The summed E-state index contributed by atoms with van der Waals surface area (Å²) in [6.07, 6.45) is 0.817. The molecule has 0 spiro atoms. The van der Waals surface area contributed by atoms with Crippen LogP contribution in [0.25, 0.3) is 0 Å². The lowest BCUT2D eigenvalue weighted by molar-refractivity contribution is -0.175. The Balaban J connectivity index is 2.95. The minimum atomic E-state index is -2.83. The van der Waals surface area contributed by atoms with Gasteiger partial charge in [-0.2, -0.15) is 0 Å². The van der Waals surface area contributed by atoms with Crippen LogP contribution < -0.4 is 0 Å². The summed E-state index contributed by atoms with van der Waals surface area (Å²) in [6, 6.07) is 4.62. The maximum absolute atomic E-state index is 10.6. The van der Waals surface area contributed by atoms with Crippen LogP contribution in [0.5, 0.6) is 0 Å². The van der Waals surface area contributed by atoms with Crippen molar-refractivity contribution in [2.45, 2.75) is 12.0 Å². The molecule has 80 valence electrons. The van der Waals surface area contributed by atoms with Gasteiger partial charge in [-0.3, -0.25) is 4.98 Å². The molecule has 1 heterocycles. The molecule has 0 aromatic carbocycles. The van der Waals surface area contributed by atoms with Gasteiger partial charge in [0.25, 0.3) is 5.60 Å². The highest BCUT2D eigenvalue weighted by molar-refractivity contribution is 6.01. The van der Waals surface area contributed by atoms with E-state index in [-0.39, 0.29) is 5.69 Å². The van der Waals surface area contributed by atoms with Gasteiger partial charge in [-0.25, -0.2) is 9.59 Å². The molecule has 0 fully saturated rings. The Morgan fingerprint density at radius 1 is 1.27 bits per heavy atom. The third kappa shape index (κ3) is 2.29. The smallest absolute Gasteiger partial charge is 0.348 e. The van der Waals surface area contributed by atoms with E-state index in [4.69, 9.17) is 10.2 Å². The van der Waals surface area contributed by atoms with Crippen LogP contribution in [0.4, 0.5) is 0 Å². The highest BCUT2D eigenvalue weighted by Gasteiger charge is 2.45. The van der Waals surface area contributed by atoms with Crippen molar-refractivity contribution in [2.75, 3.05) is 0 Å². The molecule has 0 radical (unpaired) electrons. The molecule has 1 aromatic rings. The molecule has 0 aliphatic carbocycles. The summed E-state index contributed by atoms with van der Waals surface area (Å²) in [5.41, 5.74) is -2.63. The highest BCUT2D eigenvalue weighted by Crippen LogP contribution is 2.12. The predicted octanol–water partition coefficient (Wildman–Crippen LogP) is -0.476. The number of carbonyl (C=O) groups is 2. The van der Waals surface area contributed by atoms with E-state index in [0.29, 0.717) is 0 Å². The van der Waals surface area contributed by atoms with E-state index < -0.39 is 24.0 Å². The van der Waals surface area contributed by atoms with Crippen LogP contribution in [-0.4, -0.2) is 37.8 Å². The van der Waals surface area contributed by atoms with Gasteiger partial charge < -0.3 is 15.3 Å². The number of pyridine rings is 1.